The van der Waals surface area contributed by atoms with Crippen molar-refractivity contribution in [3.63, 3.8) is 0 Å². The van der Waals surface area contributed by atoms with E-state index >= 15 is 0 Å². The molecule has 1 aliphatic heterocycles. The molecule has 0 aliphatic carbocycles. The molecular weight excluding hydrogens is 300 g/mol. The van der Waals surface area contributed by atoms with E-state index in [-0.39, 0.29) is 5.69 Å². The average Bonchev–Trinajstić information content (AvgIpc) is 2.40. The highest BCUT2D eigenvalue weighted by Crippen LogP contribution is 2.32. The summed E-state index contributed by atoms with van der Waals surface area (Å²) in [6.45, 7) is 2.85. The average molecular weight is 318 g/mol. The third-order valence-electron chi connectivity index (χ3n) is 2.96. The minimum Gasteiger partial charge on any atom is -0.476 e. The van der Waals surface area contributed by atoms with Gasteiger partial charge in [-0.25, -0.2) is 13.4 Å². The van der Waals surface area contributed by atoms with Gasteiger partial charge < -0.3 is 15.4 Å². The fourth-order valence-corrected chi connectivity index (χ4v) is 4.85. The summed E-state index contributed by atoms with van der Waals surface area (Å²) in [4.78, 5) is 9.84. The van der Waals surface area contributed by atoms with Gasteiger partial charge >= 0.3 is 0 Å². The highest BCUT2D eigenvalue weighted by molar-refractivity contribution is 8.01. The fraction of sp³-hybridized carbons (Fsp3) is 0.636. The van der Waals surface area contributed by atoms with Crippen molar-refractivity contribution in [2.75, 3.05) is 41.5 Å². The van der Waals surface area contributed by atoms with Crippen LogP contribution in [0, 0.1) is 0 Å². The number of nitrogen functional groups attached to an aromatic ring is 1. The van der Waals surface area contributed by atoms with Crippen LogP contribution < -0.4 is 15.4 Å². The van der Waals surface area contributed by atoms with Gasteiger partial charge in [0.15, 0.2) is 15.7 Å². The van der Waals surface area contributed by atoms with E-state index in [9.17, 15) is 8.42 Å². The van der Waals surface area contributed by atoms with Gasteiger partial charge in [0.05, 0.1) is 6.61 Å². The number of hydrogen-bond donors (Lipinski definition) is 1. The predicted molar refractivity (Wildman–Crippen MR) is 80.9 cm³/mol. The van der Waals surface area contributed by atoms with E-state index in [1.807, 2.05) is 6.92 Å². The summed E-state index contributed by atoms with van der Waals surface area (Å²) in [7, 11) is -3.22. The van der Waals surface area contributed by atoms with Gasteiger partial charge in [0.2, 0.25) is 5.88 Å². The predicted octanol–water partition coefficient (Wildman–Crippen LogP) is 0.381. The molecule has 9 heteroatoms. The molecule has 1 aromatic rings. The summed E-state index contributed by atoms with van der Waals surface area (Å²) < 4.78 is 29.2. The first-order valence-electron chi connectivity index (χ1n) is 6.21. The van der Waals surface area contributed by atoms with E-state index in [1.165, 1.54) is 12.6 Å². The molecule has 1 fully saturated rings. The second kappa shape index (κ2) is 6.04. The first-order chi connectivity index (χ1) is 9.45. The zero-order valence-electron chi connectivity index (χ0n) is 11.4. The monoisotopic (exact) mass is 318 g/mol. The molecule has 2 rings (SSSR count). The van der Waals surface area contributed by atoms with Gasteiger partial charge in [-0.15, -0.1) is 0 Å². The summed E-state index contributed by atoms with van der Waals surface area (Å²) >= 11 is 1.61. The molecule has 2 heterocycles. The summed E-state index contributed by atoms with van der Waals surface area (Å²) in [5, 5.41) is -0.618. The molecule has 0 amide bonds. The number of thioether (sulfide) groups is 1. The van der Waals surface area contributed by atoms with E-state index in [1.54, 1.807) is 16.7 Å². The van der Waals surface area contributed by atoms with Crippen LogP contribution in [-0.2, 0) is 9.84 Å². The Bertz CT molecular complexity index is 579. The molecule has 0 radical (unpaired) electrons. The summed E-state index contributed by atoms with van der Waals surface area (Å²) in [6, 6.07) is 0. The van der Waals surface area contributed by atoms with Crippen molar-refractivity contribution in [3.05, 3.63) is 6.33 Å². The highest BCUT2D eigenvalue weighted by Gasteiger charge is 2.33. The molecule has 0 aromatic carbocycles. The lowest BCUT2D eigenvalue weighted by molar-refractivity contribution is 0.328. The molecule has 1 aliphatic rings. The Hall–Kier alpha value is -1.22. The zero-order chi connectivity index (χ0) is 14.8. The van der Waals surface area contributed by atoms with Gasteiger partial charge in [-0.1, -0.05) is 0 Å². The van der Waals surface area contributed by atoms with Gasteiger partial charge in [0.1, 0.15) is 17.4 Å². The van der Waals surface area contributed by atoms with Crippen LogP contribution >= 0.6 is 11.8 Å². The van der Waals surface area contributed by atoms with Gasteiger partial charge in [-0.05, 0) is 6.92 Å². The summed E-state index contributed by atoms with van der Waals surface area (Å²) in [6.07, 6.45) is 2.58. The van der Waals surface area contributed by atoms with Gasteiger partial charge in [-0.2, -0.15) is 16.7 Å². The van der Waals surface area contributed by atoms with Crippen LogP contribution in [0.15, 0.2) is 6.33 Å². The Morgan fingerprint density at radius 2 is 2.30 bits per heavy atom. The van der Waals surface area contributed by atoms with Crippen LogP contribution in [0.1, 0.15) is 6.92 Å². The van der Waals surface area contributed by atoms with E-state index in [0.29, 0.717) is 30.6 Å². The topological polar surface area (TPSA) is 98.4 Å². The van der Waals surface area contributed by atoms with Gasteiger partial charge in [0, 0.05) is 24.3 Å². The minimum atomic E-state index is -3.22. The van der Waals surface area contributed by atoms with Gasteiger partial charge in [-0.3, -0.25) is 0 Å². The second-order valence-electron chi connectivity index (χ2n) is 4.40. The molecule has 0 saturated carbocycles. The molecule has 1 unspecified atom stereocenters. The SMILES string of the molecule is CCOc1ncnc(N2CCSCC2S(C)(=O)=O)c1N. The lowest BCUT2D eigenvalue weighted by Crippen LogP contribution is -2.47. The van der Waals surface area contributed by atoms with Crippen molar-refractivity contribution in [1.82, 2.24) is 9.97 Å². The smallest absolute Gasteiger partial charge is 0.242 e. The van der Waals surface area contributed by atoms with E-state index < -0.39 is 15.2 Å². The van der Waals surface area contributed by atoms with Crippen molar-refractivity contribution >= 4 is 33.1 Å². The number of ether oxygens (including phenoxy) is 1. The standard InChI is InChI=1S/C11H18N4O3S2/c1-3-18-11-9(12)10(13-7-14-11)15-4-5-19-6-8(15)20(2,16)17/h7-8H,3-6,12H2,1-2H3. The Labute approximate surface area is 122 Å². The number of nitrogens with zero attached hydrogens (tertiary/aromatic N) is 3. The van der Waals surface area contributed by atoms with Crippen LogP contribution in [0.2, 0.25) is 0 Å². The lowest BCUT2D eigenvalue weighted by atomic mass is 10.4. The number of rotatable bonds is 4. The van der Waals surface area contributed by atoms with Crippen molar-refractivity contribution in [2.24, 2.45) is 0 Å². The van der Waals surface area contributed by atoms with Crippen molar-refractivity contribution in [1.29, 1.82) is 0 Å². The minimum absolute atomic E-state index is 0.287. The van der Waals surface area contributed by atoms with Crippen molar-refractivity contribution < 1.29 is 13.2 Å². The fourth-order valence-electron chi connectivity index (χ4n) is 2.03. The number of aromatic nitrogens is 2. The molecule has 112 valence electrons. The largest absolute Gasteiger partial charge is 0.476 e. The number of nitrogens with two attached hydrogens (primary N) is 1. The number of sulfone groups is 1. The number of hydrogen-bond acceptors (Lipinski definition) is 8. The molecule has 1 saturated heterocycles. The van der Waals surface area contributed by atoms with Crippen LogP contribution in [-0.4, -0.2) is 54.7 Å². The third-order valence-corrected chi connectivity index (χ3v) is 5.60. The van der Waals surface area contributed by atoms with Crippen LogP contribution in [0.25, 0.3) is 0 Å². The third kappa shape index (κ3) is 3.09. The summed E-state index contributed by atoms with van der Waals surface area (Å²) in [5.41, 5.74) is 6.30. The molecule has 0 bridgehead atoms. The first kappa shape index (κ1) is 15.2. The van der Waals surface area contributed by atoms with E-state index in [2.05, 4.69) is 9.97 Å². The molecule has 1 aromatic heterocycles. The maximum Gasteiger partial charge on any atom is 0.242 e. The molecule has 0 spiro atoms. The molecule has 7 nitrogen and oxygen atoms in total. The summed E-state index contributed by atoms with van der Waals surface area (Å²) in [5.74, 6) is 2.06. The highest BCUT2D eigenvalue weighted by atomic mass is 32.2. The zero-order valence-corrected chi connectivity index (χ0v) is 13.1. The van der Waals surface area contributed by atoms with Crippen LogP contribution in [0.3, 0.4) is 0 Å². The van der Waals surface area contributed by atoms with Crippen LogP contribution in [0.5, 0.6) is 5.88 Å². The Balaban J connectivity index is 2.40. The maximum absolute atomic E-state index is 11.9. The second-order valence-corrected chi connectivity index (χ2v) is 7.75. The van der Waals surface area contributed by atoms with E-state index in [0.717, 1.165) is 5.75 Å². The molecule has 2 N–H and O–H groups in total. The Morgan fingerprint density at radius 1 is 1.55 bits per heavy atom. The maximum atomic E-state index is 11.9. The normalized spacial score (nSPS) is 19.9. The number of anilines is 2. The quantitative estimate of drug-likeness (QED) is 0.851. The van der Waals surface area contributed by atoms with Crippen molar-refractivity contribution in [2.45, 2.75) is 12.3 Å². The van der Waals surface area contributed by atoms with Crippen molar-refractivity contribution in [3.8, 4) is 5.88 Å². The molecule has 20 heavy (non-hydrogen) atoms. The Morgan fingerprint density at radius 3 is 2.95 bits per heavy atom. The molecule has 1 atom stereocenters. The molecular formula is C11H18N4O3S2. The first-order valence-corrected chi connectivity index (χ1v) is 9.32. The lowest BCUT2D eigenvalue weighted by Gasteiger charge is -2.35. The van der Waals surface area contributed by atoms with Crippen LogP contribution in [0.4, 0.5) is 11.5 Å². The van der Waals surface area contributed by atoms with E-state index in [4.69, 9.17) is 10.5 Å². The Kier molecular flexibility index (Phi) is 4.59. The van der Waals surface area contributed by atoms with Gasteiger partial charge in [0.25, 0.3) is 0 Å².